The van der Waals surface area contributed by atoms with Crippen LogP contribution < -0.4 is 4.74 Å². The number of carbonyl (C=O) groups excluding carboxylic acids is 1. The third kappa shape index (κ3) is 4.84. The van der Waals surface area contributed by atoms with Crippen molar-refractivity contribution in [2.24, 2.45) is 0 Å². The molecule has 1 aliphatic rings. The second kappa shape index (κ2) is 8.94. The quantitative estimate of drug-likeness (QED) is 0.717. The number of rotatable bonds is 6. The minimum atomic E-state index is -3.61. The molecule has 0 atom stereocenters. The van der Waals surface area contributed by atoms with Crippen molar-refractivity contribution in [2.45, 2.75) is 18.2 Å². The lowest BCUT2D eigenvalue weighted by Gasteiger charge is -2.34. The Labute approximate surface area is 170 Å². The third-order valence-corrected chi connectivity index (χ3v) is 6.74. The molecule has 0 bridgehead atoms. The molecule has 0 radical (unpaired) electrons. The third-order valence-electron chi connectivity index (χ3n) is 4.61. The van der Waals surface area contributed by atoms with E-state index in [9.17, 15) is 13.2 Å². The van der Waals surface area contributed by atoms with Crippen molar-refractivity contribution >= 4 is 27.5 Å². The summed E-state index contributed by atoms with van der Waals surface area (Å²) < 4.78 is 32.3. The molecule has 1 heterocycles. The van der Waals surface area contributed by atoms with Gasteiger partial charge in [-0.2, -0.15) is 4.31 Å². The number of carbonyl (C=O) groups is 1. The first-order valence-electron chi connectivity index (χ1n) is 9.15. The molecule has 2 aromatic rings. The molecule has 28 heavy (non-hydrogen) atoms. The highest BCUT2D eigenvalue weighted by atomic mass is 35.5. The Morgan fingerprint density at radius 3 is 2.36 bits per heavy atom. The van der Waals surface area contributed by atoms with E-state index >= 15 is 0 Å². The van der Waals surface area contributed by atoms with Gasteiger partial charge < -0.3 is 9.64 Å². The van der Waals surface area contributed by atoms with E-state index in [1.165, 1.54) is 16.4 Å². The van der Waals surface area contributed by atoms with E-state index in [0.717, 1.165) is 11.3 Å². The zero-order valence-corrected chi connectivity index (χ0v) is 17.2. The molecule has 0 spiro atoms. The van der Waals surface area contributed by atoms with Crippen molar-refractivity contribution in [2.75, 3.05) is 32.8 Å². The summed E-state index contributed by atoms with van der Waals surface area (Å²) in [4.78, 5) is 14.4. The number of hydrogen-bond donors (Lipinski definition) is 0. The van der Waals surface area contributed by atoms with Crippen LogP contribution in [-0.2, 0) is 21.2 Å². The molecule has 1 saturated heterocycles. The molecule has 1 aliphatic heterocycles. The molecule has 0 saturated carbocycles. The molecule has 1 amide bonds. The zero-order valence-electron chi connectivity index (χ0n) is 15.7. The van der Waals surface area contributed by atoms with Crippen molar-refractivity contribution < 1.29 is 17.9 Å². The Hall–Kier alpha value is -2.09. The molecule has 3 rings (SSSR count). The van der Waals surface area contributed by atoms with Crippen molar-refractivity contribution in [3.63, 3.8) is 0 Å². The highest BCUT2D eigenvalue weighted by molar-refractivity contribution is 7.89. The van der Waals surface area contributed by atoms with Gasteiger partial charge in [-0.25, -0.2) is 8.42 Å². The summed E-state index contributed by atoms with van der Waals surface area (Å²) in [7, 11) is -3.61. The normalized spacial score (nSPS) is 15.4. The maximum absolute atomic E-state index is 12.7. The largest absolute Gasteiger partial charge is 0.494 e. The van der Waals surface area contributed by atoms with Crippen molar-refractivity contribution in [1.82, 2.24) is 9.21 Å². The molecule has 0 aromatic heterocycles. The van der Waals surface area contributed by atoms with Crippen LogP contribution in [0.1, 0.15) is 12.5 Å². The van der Waals surface area contributed by atoms with E-state index in [0.29, 0.717) is 24.7 Å². The highest BCUT2D eigenvalue weighted by Crippen LogP contribution is 2.21. The first-order valence-corrected chi connectivity index (χ1v) is 11.0. The van der Waals surface area contributed by atoms with Gasteiger partial charge in [0.2, 0.25) is 15.9 Å². The van der Waals surface area contributed by atoms with E-state index in [1.807, 2.05) is 31.2 Å². The fraction of sp³-hybridized carbons (Fsp3) is 0.350. The van der Waals surface area contributed by atoms with E-state index < -0.39 is 10.0 Å². The van der Waals surface area contributed by atoms with Gasteiger partial charge in [-0.1, -0.05) is 29.8 Å². The van der Waals surface area contributed by atoms with E-state index in [2.05, 4.69) is 0 Å². The fourth-order valence-corrected chi connectivity index (χ4v) is 4.83. The maximum Gasteiger partial charge on any atom is 0.243 e. The Kier molecular flexibility index (Phi) is 6.59. The molecule has 0 aliphatic carbocycles. The van der Waals surface area contributed by atoms with E-state index in [4.69, 9.17) is 16.3 Å². The fourth-order valence-electron chi connectivity index (χ4n) is 3.11. The van der Waals surface area contributed by atoms with Gasteiger partial charge in [0.15, 0.2) is 0 Å². The van der Waals surface area contributed by atoms with Gasteiger partial charge in [-0.3, -0.25) is 4.79 Å². The van der Waals surface area contributed by atoms with Gasteiger partial charge in [0.1, 0.15) is 5.75 Å². The average molecular weight is 423 g/mol. The summed E-state index contributed by atoms with van der Waals surface area (Å²) in [6.45, 7) is 3.80. The number of sulfonamides is 1. The number of nitrogens with zero attached hydrogens (tertiary/aromatic N) is 2. The molecule has 8 heteroatoms. The Morgan fingerprint density at radius 2 is 1.75 bits per heavy atom. The topological polar surface area (TPSA) is 66.9 Å². The van der Waals surface area contributed by atoms with Crippen LogP contribution in [0, 0.1) is 0 Å². The van der Waals surface area contributed by atoms with Crippen molar-refractivity contribution in [3.05, 3.63) is 59.1 Å². The van der Waals surface area contributed by atoms with E-state index in [1.54, 1.807) is 17.0 Å². The summed E-state index contributed by atoms with van der Waals surface area (Å²) in [5.41, 5.74) is 0.905. The summed E-state index contributed by atoms with van der Waals surface area (Å²) in [5, 5.41) is 0.380. The monoisotopic (exact) mass is 422 g/mol. The lowest BCUT2D eigenvalue weighted by atomic mass is 10.1. The molecule has 150 valence electrons. The molecule has 6 nitrogen and oxygen atoms in total. The lowest BCUT2D eigenvalue weighted by Crippen LogP contribution is -2.50. The minimum Gasteiger partial charge on any atom is -0.494 e. The first kappa shape index (κ1) is 20.6. The summed E-state index contributed by atoms with van der Waals surface area (Å²) >= 11 is 5.92. The second-order valence-corrected chi connectivity index (χ2v) is 8.87. The lowest BCUT2D eigenvalue weighted by molar-refractivity contribution is -0.131. The smallest absolute Gasteiger partial charge is 0.243 e. The molecule has 0 N–H and O–H groups in total. The molecular weight excluding hydrogens is 400 g/mol. The Bertz CT molecular complexity index is 923. The van der Waals surface area contributed by atoms with E-state index in [-0.39, 0.29) is 30.3 Å². The van der Waals surface area contributed by atoms with Crippen LogP contribution in [0.25, 0.3) is 0 Å². The standard InChI is InChI=1S/C20H23ClN2O4S/c1-2-27-18-8-6-16(7-9-18)14-20(24)22-10-12-23(13-11-22)28(25,26)19-5-3-4-17(21)15-19/h3-9,15H,2,10-14H2,1H3. The molecule has 0 unspecified atom stereocenters. The Balaban J connectivity index is 1.58. The highest BCUT2D eigenvalue weighted by Gasteiger charge is 2.30. The van der Waals surface area contributed by atoms with Crippen LogP contribution in [0.3, 0.4) is 0 Å². The van der Waals surface area contributed by atoms with Gasteiger partial charge in [0.25, 0.3) is 0 Å². The first-order chi connectivity index (χ1) is 13.4. The minimum absolute atomic E-state index is 0.0102. The van der Waals surface area contributed by atoms with Crippen LogP contribution >= 0.6 is 11.6 Å². The van der Waals surface area contributed by atoms with Gasteiger partial charge in [0, 0.05) is 31.2 Å². The van der Waals surface area contributed by atoms with Gasteiger partial charge in [0.05, 0.1) is 17.9 Å². The number of piperazine rings is 1. The van der Waals surface area contributed by atoms with Gasteiger partial charge >= 0.3 is 0 Å². The predicted octanol–water partition coefficient (Wildman–Crippen LogP) is 2.81. The molecular formula is C20H23ClN2O4S. The zero-order chi connectivity index (χ0) is 20.1. The molecule has 1 fully saturated rings. The van der Waals surface area contributed by atoms with Crippen LogP contribution in [0.2, 0.25) is 5.02 Å². The number of hydrogen-bond acceptors (Lipinski definition) is 4. The number of ether oxygens (including phenoxy) is 1. The number of amides is 1. The number of benzene rings is 2. The summed E-state index contributed by atoms with van der Waals surface area (Å²) in [6.07, 6.45) is 0.285. The van der Waals surface area contributed by atoms with Crippen molar-refractivity contribution in [3.8, 4) is 5.75 Å². The van der Waals surface area contributed by atoms with Crippen LogP contribution in [-0.4, -0.2) is 56.3 Å². The van der Waals surface area contributed by atoms with Crippen molar-refractivity contribution in [1.29, 1.82) is 0 Å². The summed E-state index contributed by atoms with van der Waals surface area (Å²) in [6, 6.07) is 13.7. The van der Waals surface area contributed by atoms with Crippen LogP contribution in [0.15, 0.2) is 53.4 Å². The van der Waals surface area contributed by atoms with Gasteiger partial charge in [-0.05, 0) is 42.8 Å². The maximum atomic E-state index is 12.7. The van der Waals surface area contributed by atoms with Gasteiger partial charge in [-0.15, -0.1) is 0 Å². The van der Waals surface area contributed by atoms with Crippen LogP contribution in [0.5, 0.6) is 5.75 Å². The average Bonchev–Trinajstić information content (AvgIpc) is 2.70. The summed E-state index contributed by atoms with van der Waals surface area (Å²) in [5.74, 6) is 0.766. The second-order valence-electron chi connectivity index (χ2n) is 6.50. The Morgan fingerprint density at radius 1 is 1.07 bits per heavy atom. The molecule has 2 aromatic carbocycles. The van der Waals surface area contributed by atoms with Crippen LogP contribution in [0.4, 0.5) is 0 Å². The predicted molar refractivity (Wildman–Crippen MR) is 108 cm³/mol. The number of halogens is 1. The SMILES string of the molecule is CCOc1ccc(CC(=O)N2CCN(S(=O)(=O)c3cccc(Cl)c3)CC2)cc1.